The van der Waals surface area contributed by atoms with Gasteiger partial charge in [0.2, 0.25) is 6.41 Å². The summed E-state index contributed by atoms with van der Waals surface area (Å²) in [4.78, 5) is 50.3. The monoisotopic (exact) mass is 498 g/mol. The molecule has 8 N–H and O–H groups in total. The number of rotatable bonds is 13. The lowest BCUT2D eigenvalue weighted by Crippen LogP contribution is -2.41. The third-order valence-electron chi connectivity index (χ3n) is 5.44. The van der Waals surface area contributed by atoms with Crippen LogP contribution in [0.1, 0.15) is 37.4 Å². The number of nitrogens with zero attached hydrogens (tertiary/aromatic N) is 1. The second kappa shape index (κ2) is 13.7. The van der Waals surface area contributed by atoms with Gasteiger partial charge in [-0.25, -0.2) is 0 Å². The van der Waals surface area contributed by atoms with Crippen LogP contribution in [0.4, 0.5) is 5.69 Å². The fourth-order valence-corrected chi connectivity index (χ4v) is 3.58. The molecule has 0 saturated carbocycles. The molecule has 13 heteroatoms. The van der Waals surface area contributed by atoms with Crippen LogP contribution in [0.5, 0.6) is 0 Å². The summed E-state index contributed by atoms with van der Waals surface area (Å²) < 4.78 is 0. The van der Waals surface area contributed by atoms with Gasteiger partial charge in [-0.1, -0.05) is 0 Å². The van der Waals surface area contributed by atoms with E-state index in [0.717, 1.165) is 4.90 Å². The number of carbonyl (C=O) groups is 4. The number of anilines is 1. The van der Waals surface area contributed by atoms with Crippen LogP contribution in [0.25, 0.3) is 0 Å². The molecule has 0 saturated heterocycles. The van der Waals surface area contributed by atoms with E-state index in [1.54, 1.807) is 0 Å². The maximum absolute atomic E-state index is 13.3. The smallest absolute Gasteiger partial charge is 0.256 e. The molecule has 0 aromatic heterocycles. The molecule has 0 spiro atoms. The van der Waals surface area contributed by atoms with E-state index >= 15 is 0 Å². The Morgan fingerprint density at radius 1 is 0.943 bits per heavy atom. The predicted molar refractivity (Wildman–Crippen MR) is 125 cm³/mol. The molecule has 1 aromatic carbocycles. The van der Waals surface area contributed by atoms with Crippen molar-refractivity contribution in [2.45, 2.75) is 39.1 Å². The van der Waals surface area contributed by atoms with Crippen molar-refractivity contribution in [3.63, 3.8) is 0 Å². The number of amides is 4. The molecule has 0 radical (unpaired) electrons. The minimum atomic E-state index is -1.98. The van der Waals surface area contributed by atoms with Gasteiger partial charge in [0.05, 0.1) is 19.3 Å². The second-order valence-corrected chi connectivity index (χ2v) is 8.03. The summed E-state index contributed by atoms with van der Waals surface area (Å²) >= 11 is 0. The highest BCUT2D eigenvalue weighted by atomic mass is 16.4. The molecule has 3 atom stereocenters. The molecule has 196 valence electrons. The van der Waals surface area contributed by atoms with Crippen LogP contribution in [0.15, 0.2) is 0 Å². The van der Waals surface area contributed by atoms with Gasteiger partial charge >= 0.3 is 0 Å². The molecule has 0 bridgehead atoms. The highest BCUT2D eigenvalue weighted by molar-refractivity contribution is 6.08. The Morgan fingerprint density at radius 2 is 1.54 bits per heavy atom. The van der Waals surface area contributed by atoms with Crippen molar-refractivity contribution in [3.05, 3.63) is 27.8 Å². The van der Waals surface area contributed by atoms with E-state index in [1.807, 2.05) is 0 Å². The van der Waals surface area contributed by atoms with Crippen molar-refractivity contribution in [3.8, 4) is 0 Å². The number of hydrogen-bond donors (Lipinski definition) is 8. The summed E-state index contributed by atoms with van der Waals surface area (Å²) in [5, 5.41) is 54.8. The maximum atomic E-state index is 13.3. The molecule has 3 unspecified atom stereocenters. The van der Waals surface area contributed by atoms with Gasteiger partial charge in [-0.15, -0.1) is 0 Å². The summed E-state index contributed by atoms with van der Waals surface area (Å²) in [6.07, 6.45) is -4.45. The van der Waals surface area contributed by atoms with Crippen LogP contribution in [0.3, 0.4) is 0 Å². The van der Waals surface area contributed by atoms with Crippen molar-refractivity contribution in [1.29, 1.82) is 0 Å². The molecule has 1 rings (SSSR count). The van der Waals surface area contributed by atoms with Crippen molar-refractivity contribution in [2.75, 3.05) is 45.2 Å². The average molecular weight is 499 g/mol. The van der Waals surface area contributed by atoms with Gasteiger partial charge in [-0.05, 0) is 37.5 Å². The van der Waals surface area contributed by atoms with Crippen LogP contribution in [-0.2, 0) is 9.59 Å². The molecule has 0 aliphatic heterocycles. The first-order chi connectivity index (χ1) is 16.4. The number of benzene rings is 1. The molecule has 0 aliphatic carbocycles. The molecule has 35 heavy (non-hydrogen) atoms. The average Bonchev–Trinajstić information content (AvgIpc) is 2.82. The predicted octanol–water partition coefficient (Wildman–Crippen LogP) is -2.83. The summed E-state index contributed by atoms with van der Waals surface area (Å²) in [6.45, 7) is 3.17. The van der Waals surface area contributed by atoms with E-state index in [2.05, 4.69) is 16.0 Å². The topological polar surface area (TPSA) is 209 Å². The maximum Gasteiger partial charge on any atom is 0.256 e. The summed E-state index contributed by atoms with van der Waals surface area (Å²) in [5.74, 6) is -2.26. The van der Waals surface area contributed by atoms with Gasteiger partial charge in [0.15, 0.2) is 6.10 Å². The lowest BCUT2D eigenvalue weighted by molar-refractivity contribution is -0.131. The molecule has 0 fully saturated rings. The number of carbonyl (C=O) groups excluding carboxylic acids is 4. The van der Waals surface area contributed by atoms with Crippen LogP contribution < -0.4 is 16.0 Å². The first-order valence-corrected chi connectivity index (χ1v) is 10.8. The van der Waals surface area contributed by atoms with Crippen LogP contribution in [-0.4, -0.2) is 113 Å². The van der Waals surface area contributed by atoms with Gasteiger partial charge in [0.25, 0.3) is 17.7 Å². The van der Waals surface area contributed by atoms with Crippen molar-refractivity contribution in [2.24, 2.45) is 0 Å². The quantitative estimate of drug-likeness (QED) is 0.104. The Morgan fingerprint density at radius 3 is 2.09 bits per heavy atom. The first kappa shape index (κ1) is 29.9. The Labute approximate surface area is 202 Å². The molecule has 0 heterocycles. The molecular weight excluding hydrogens is 464 g/mol. The Hall–Kier alpha value is -3.10. The van der Waals surface area contributed by atoms with Gasteiger partial charge in [-0.3, -0.25) is 19.2 Å². The Balaban J connectivity index is 3.59. The van der Waals surface area contributed by atoms with E-state index in [4.69, 9.17) is 10.2 Å². The van der Waals surface area contributed by atoms with Crippen molar-refractivity contribution in [1.82, 2.24) is 15.5 Å². The fourth-order valence-electron chi connectivity index (χ4n) is 3.58. The van der Waals surface area contributed by atoms with Crippen molar-refractivity contribution < 1.29 is 44.7 Å². The third kappa shape index (κ3) is 7.44. The summed E-state index contributed by atoms with van der Waals surface area (Å²) in [7, 11) is 1.39. The summed E-state index contributed by atoms with van der Waals surface area (Å²) in [6, 6.07) is 0. The minimum Gasteiger partial charge on any atom is -0.394 e. The van der Waals surface area contributed by atoms with Gasteiger partial charge in [0.1, 0.15) is 6.10 Å². The SMILES string of the molecule is Cc1c(NC(=O)C(O)C(O)CO)c(C)c(C(=O)N(C)CC(O)CO)c(C)c1C(=O)NCCNC=O. The Kier molecular flexibility index (Phi) is 11.7. The zero-order valence-corrected chi connectivity index (χ0v) is 20.2. The van der Waals surface area contributed by atoms with Crippen LogP contribution in [0, 0.1) is 20.8 Å². The van der Waals surface area contributed by atoms with Gasteiger partial charge < -0.3 is 46.4 Å². The Bertz CT molecular complexity index is 938. The van der Waals surface area contributed by atoms with Crippen LogP contribution in [0.2, 0.25) is 0 Å². The molecule has 1 aromatic rings. The lowest BCUT2D eigenvalue weighted by atomic mass is 9.89. The van der Waals surface area contributed by atoms with E-state index in [1.165, 1.54) is 27.8 Å². The number of aliphatic hydroxyl groups excluding tert-OH is 5. The van der Waals surface area contributed by atoms with Crippen molar-refractivity contribution >= 4 is 29.8 Å². The minimum absolute atomic E-state index is 0.0420. The first-order valence-electron chi connectivity index (χ1n) is 10.8. The van der Waals surface area contributed by atoms with E-state index < -0.39 is 49.2 Å². The third-order valence-corrected chi connectivity index (χ3v) is 5.44. The van der Waals surface area contributed by atoms with E-state index in [0.29, 0.717) is 6.41 Å². The number of hydrogen-bond acceptors (Lipinski definition) is 9. The summed E-state index contributed by atoms with van der Waals surface area (Å²) in [5.41, 5.74) is 0.967. The second-order valence-electron chi connectivity index (χ2n) is 8.03. The van der Waals surface area contributed by atoms with Gasteiger partial charge in [-0.2, -0.15) is 0 Å². The molecule has 4 amide bonds. The number of likely N-dealkylation sites (N-methyl/N-ethyl adjacent to an activating group) is 1. The zero-order chi connectivity index (χ0) is 26.9. The highest BCUT2D eigenvalue weighted by Crippen LogP contribution is 2.32. The largest absolute Gasteiger partial charge is 0.394 e. The lowest BCUT2D eigenvalue weighted by Gasteiger charge is -2.26. The zero-order valence-electron chi connectivity index (χ0n) is 20.2. The van der Waals surface area contributed by atoms with Gasteiger partial charge in [0, 0.05) is 43.5 Å². The molecule has 0 aliphatic rings. The standard InChI is InChI=1S/C22H34N4O9/c1-11-16(20(33)24-6-5-23-10-29)12(2)18(25-21(34)19(32)15(31)9-28)13(3)17(11)22(35)26(4)7-14(30)8-27/h10,14-15,19,27-28,30-32H,5-9H2,1-4H3,(H,23,29)(H,24,33)(H,25,34). The highest BCUT2D eigenvalue weighted by Gasteiger charge is 2.30. The van der Waals surface area contributed by atoms with E-state index in [9.17, 15) is 34.5 Å². The number of aliphatic hydroxyl groups is 5. The molecule has 13 nitrogen and oxygen atoms in total. The molecular formula is C22H34N4O9. The normalized spacial score (nSPS) is 13.4. The van der Waals surface area contributed by atoms with E-state index in [-0.39, 0.29) is 53.1 Å². The number of nitrogens with one attached hydrogen (secondary N) is 3. The van der Waals surface area contributed by atoms with Crippen LogP contribution >= 0.6 is 0 Å². The fraction of sp³-hybridized carbons (Fsp3) is 0.545.